The summed E-state index contributed by atoms with van der Waals surface area (Å²) in [4.78, 5) is 14.9. The number of rotatable bonds is 6. The summed E-state index contributed by atoms with van der Waals surface area (Å²) in [5.41, 5.74) is 5.05. The molecule has 0 spiro atoms. The van der Waals surface area contributed by atoms with Crippen molar-refractivity contribution in [3.8, 4) is 5.75 Å². The number of alkyl halides is 3. The van der Waals surface area contributed by atoms with Crippen LogP contribution in [-0.2, 0) is 13.1 Å². The number of aryl methyl sites for hydroxylation is 1. The van der Waals surface area contributed by atoms with Crippen LogP contribution in [0.15, 0.2) is 36.4 Å². The lowest BCUT2D eigenvalue weighted by molar-refractivity contribution is -0.274. The maximum Gasteiger partial charge on any atom is 0.573 e. The number of nitrogens with one attached hydrogen (secondary N) is 1. The third-order valence-electron chi connectivity index (χ3n) is 7.24. The molecule has 4 nitrogen and oxygen atoms in total. The molecule has 2 aromatic carbocycles. The molecule has 1 unspecified atom stereocenters. The van der Waals surface area contributed by atoms with Crippen molar-refractivity contribution >= 4 is 5.91 Å². The lowest BCUT2D eigenvalue weighted by atomic mass is 9.76. The van der Waals surface area contributed by atoms with Gasteiger partial charge in [-0.05, 0) is 97.8 Å². The van der Waals surface area contributed by atoms with E-state index in [2.05, 4.69) is 22.2 Å². The SMILES string of the molecule is Cc1cc(C(C2CCNCC2)C2CC2)cc2c1C(=O)N(Cc1ccc(OC(F)(F)F)cc1)C2. The number of hydrogen-bond donors (Lipinski definition) is 1. The van der Waals surface area contributed by atoms with Gasteiger partial charge in [-0.25, -0.2) is 0 Å². The number of ether oxygens (including phenoxy) is 1. The Balaban J connectivity index is 1.33. The Morgan fingerprint density at radius 1 is 1.06 bits per heavy atom. The Kier molecular flexibility index (Phi) is 5.85. The van der Waals surface area contributed by atoms with Gasteiger partial charge in [0.15, 0.2) is 0 Å². The Hall–Kier alpha value is -2.54. The first-order chi connectivity index (χ1) is 15.8. The highest BCUT2D eigenvalue weighted by molar-refractivity contribution is 5.99. The predicted octanol–water partition coefficient (Wildman–Crippen LogP) is 5.54. The molecule has 1 saturated carbocycles. The second-order valence-corrected chi connectivity index (χ2v) is 9.68. The fourth-order valence-corrected chi connectivity index (χ4v) is 5.68. The van der Waals surface area contributed by atoms with E-state index in [1.807, 2.05) is 6.92 Å². The van der Waals surface area contributed by atoms with Crippen LogP contribution in [-0.4, -0.2) is 30.3 Å². The van der Waals surface area contributed by atoms with E-state index >= 15 is 0 Å². The fraction of sp³-hybridized carbons (Fsp3) is 0.500. The summed E-state index contributed by atoms with van der Waals surface area (Å²) in [7, 11) is 0. The molecule has 7 heteroatoms. The quantitative estimate of drug-likeness (QED) is 0.618. The van der Waals surface area contributed by atoms with E-state index in [-0.39, 0.29) is 11.7 Å². The van der Waals surface area contributed by atoms with E-state index in [0.29, 0.717) is 24.9 Å². The van der Waals surface area contributed by atoms with Crippen LogP contribution < -0.4 is 10.1 Å². The Labute approximate surface area is 192 Å². The van der Waals surface area contributed by atoms with Gasteiger partial charge in [0.2, 0.25) is 0 Å². The van der Waals surface area contributed by atoms with E-state index in [1.165, 1.54) is 43.4 Å². The lowest BCUT2D eigenvalue weighted by Crippen LogP contribution is -2.31. The van der Waals surface area contributed by atoms with E-state index in [1.54, 1.807) is 17.0 Å². The third kappa shape index (κ3) is 4.88. The van der Waals surface area contributed by atoms with Gasteiger partial charge in [-0.3, -0.25) is 4.79 Å². The van der Waals surface area contributed by atoms with E-state index in [0.717, 1.165) is 41.3 Å². The zero-order valence-electron chi connectivity index (χ0n) is 18.8. The molecule has 0 aromatic heterocycles. The molecule has 1 N–H and O–H groups in total. The summed E-state index contributed by atoms with van der Waals surface area (Å²) < 4.78 is 41.1. The summed E-state index contributed by atoms with van der Waals surface area (Å²) >= 11 is 0. The van der Waals surface area contributed by atoms with Crippen molar-refractivity contribution in [1.29, 1.82) is 0 Å². The van der Waals surface area contributed by atoms with Gasteiger partial charge in [0.25, 0.3) is 5.91 Å². The first-order valence-electron chi connectivity index (χ1n) is 11.8. The number of benzene rings is 2. The molecule has 5 rings (SSSR count). The molecular formula is C26H29F3N2O2. The molecule has 2 fully saturated rings. The molecule has 0 bridgehead atoms. The number of hydrogen-bond acceptors (Lipinski definition) is 3. The molecule has 3 aliphatic rings. The van der Waals surface area contributed by atoms with Crippen molar-refractivity contribution in [1.82, 2.24) is 10.2 Å². The molecule has 33 heavy (non-hydrogen) atoms. The molecule has 2 aliphatic heterocycles. The highest BCUT2D eigenvalue weighted by Gasteiger charge is 2.39. The van der Waals surface area contributed by atoms with Crippen LogP contribution >= 0.6 is 0 Å². The van der Waals surface area contributed by atoms with Crippen molar-refractivity contribution in [2.24, 2.45) is 11.8 Å². The van der Waals surface area contributed by atoms with Crippen LogP contribution in [0.4, 0.5) is 13.2 Å². The highest BCUT2D eigenvalue weighted by Crippen LogP contribution is 2.49. The summed E-state index contributed by atoms with van der Waals surface area (Å²) in [6.07, 6.45) is 0.288. The average Bonchev–Trinajstić information content (AvgIpc) is 3.54. The smallest absolute Gasteiger partial charge is 0.406 e. The molecule has 1 saturated heterocycles. The minimum atomic E-state index is -4.71. The molecule has 1 atom stereocenters. The van der Waals surface area contributed by atoms with Gasteiger partial charge in [-0.2, -0.15) is 0 Å². The zero-order chi connectivity index (χ0) is 23.2. The normalized spacial score (nSPS) is 20.1. The minimum absolute atomic E-state index is 0.00509. The first kappa shape index (κ1) is 22.3. The van der Waals surface area contributed by atoms with Crippen molar-refractivity contribution in [2.45, 2.75) is 58.0 Å². The minimum Gasteiger partial charge on any atom is -0.406 e. The second-order valence-electron chi connectivity index (χ2n) is 9.68. The van der Waals surface area contributed by atoms with Gasteiger partial charge < -0.3 is 15.0 Å². The van der Waals surface area contributed by atoms with Gasteiger partial charge in [0.1, 0.15) is 5.75 Å². The van der Waals surface area contributed by atoms with E-state index < -0.39 is 6.36 Å². The fourth-order valence-electron chi connectivity index (χ4n) is 5.68. The van der Waals surface area contributed by atoms with Gasteiger partial charge in [0.05, 0.1) is 0 Å². The Bertz CT molecular complexity index is 1030. The number of halogens is 3. The zero-order valence-corrected chi connectivity index (χ0v) is 18.8. The van der Waals surface area contributed by atoms with Crippen molar-refractivity contribution in [3.05, 3.63) is 64.2 Å². The van der Waals surface area contributed by atoms with Crippen molar-refractivity contribution < 1.29 is 22.7 Å². The Morgan fingerprint density at radius 2 is 1.73 bits per heavy atom. The summed E-state index contributed by atoms with van der Waals surface area (Å²) in [6, 6.07) is 10.2. The molecule has 1 amide bonds. The predicted molar refractivity (Wildman–Crippen MR) is 119 cm³/mol. The number of piperidine rings is 1. The number of fused-ring (bicyclic) bond motifs is 1. The van der Waals surface area contributed by atoms with Crippen molar-refractivity contribution in [2.75, 3.05) is 13.1 Å². The maximum absolute atomic E-state index is 13.1. The molecule has 176 valence electrons. The summed E-state index contributed by atoms with van der Waals surface area (Å²) in [5.74, 6) is 1.76. The Morgan fingerprint density at radius 3 is 2.36 bits per heavy atom. The summed E-state index contributed by atoms with van der Waals surface area (Å²) in [6.45, 7) is 5.08. The number of amides is 1. The van der Waals surface area contributed by atoms with Gasteiger partial charge in [0, 0.05) is 18.7 Å². The third-order valence-corrected chi connectivity index (χ3v) is 7.24. The van der Waals surface area contributed by atoms with E-state index in [9.17, 15) is 18.0 Å². The molecule has 2 aromatic rings. The van der Waals surface area contributed by atoms with Gasteiger partial charge in [-0.15, -0.1) is 13.2 Å². The van der Waals surface area contributed by atoms with Crippen LogP contribution in [0.5, 0.6) is 5.75 Å². The van der Waals surface area contributed by atoms with Crippen LogP contribution in [0.2, 0.25) is 0 Å². The van der Waals surface area contributed by atoms with Gasteiger partial charge >= 0.3 is 6.36 Å². The van der Waals surface area contributed by atoms with Crippen LogP contribution in [0.25, 0.3) is 0 Å². The number of carbonyl (C=O) groups is 1. The van der Waals surface area contributed by atoms with Crippen LogP contribution in [0.1, 0.15) is 64.2 Å². The molecular weight excluding hydrogens is 429 g/mol. The number of nitrogens with zero attached hydrogens (tertiary/aromatic N) is 1. The monoisotopic (exact) mass is 458 g/mol. The molecule has 0 radical (unpaired) electrons. The molecule has 2 heterocycles. The van der Waals surface area contributed by atoms with Crippen LogP contribution in [0, 0.1) is 18.8 Å². The van der Waals surface area contributed by atoms with Crippen molar-refractivity contribution in [3.63, 3.8) is 0 Å². The lowest BCUT2D eigenvalue weighted by Gasteiger charge is -2.32. The maximum atomic E-state index is 13.1. The van der Waals surface area contributed by atoms with Crippen LogP contribution in [0.3, 0.4) is 0 Å². The topological polar surface area (TPSA) is 41.6 Å². The highest BCUT2D eigenvalue weighted by atomic mass is 19.4. The molecule has 1 aliphatic carbocycles. The average molecular weight is 459 g/mol. The number of carbonyl (C=O) groups excluding carboxylic acids is 1. The largest absolute Gasteiger partial charge is 0.573 e. The van der Waals surface area contributed by atoms with E-state index in [4.69, 9.17) is 0 Å². The standard InChI is InChI=1S/C26H29F3N2O2/c1-16-12-20(24(18-4-5-18)19-8-10-30-11-9-19)13-21-15-31(25(32)23(16)21)14-17-2-6-22(7-3-17)33-26(27,28)29/h2-3,6-7,12-13,18-19,24,30H,4-5,8-11,14-15H2,1H3. The second kappa shape index (κ2) is 8.67. The summed E-state index contributed by atoms with van der Waals surface area (Å²) in [5, 5.41) is 3.47. The first-order valence-corrected chi connectivity index (χ1v) is 11.8. The van der Waals surface area contributed by atoms with Gasteiger partial charge in [-0.1, -0.05) is 24.3 Å².